The van der Waals surface area contributed by atoms with Crippen molar-refractivity contribution in [3.05, 3.63) is 35.2 Å². The van der Waals surface area contributed by atoms with Crippen molar-refractivity contribution in [2.45, 2.75) is 25.7 Å². The zero-order chi connectivity index (χ0) is 12.6. The van der Waals surface area contributed by atoms with Crippen LogP contribution in [0.2, 0.25) is 0 Å². The number of halogens is 1. The number of aromatic nitrogens is 2. The van der Waals surface area contributed by atoms with E-state index in [1.807, 2.05) is 6.92 Å². The van der Waals surface area contributed by atoms with Gasteiger partial charge in [-0.05, 0) is 6.92 Å². The minimum atomic E-state index is -0.720. The first-order valence-electron chi connectivity index (χ1n) is 5.35. The van der Waals surface area contributed by atoms with Crippen LogP contribution < -0.4 is 11.4 Å². The Labute approximate surface area is 97.7 Å². The van der Waals surface area contributed by atoms with Crippen LogP contribution in [0.1, 0.15) is 19.6 Å². The van der Waals surface area contributed by atoms with E-state index in [0.717, 1.165) is 10.8 Å². The molecule has 1 aliphatic rings. The maximum absolute atomic E-state index is 13.3. The Kier molecular flexibility index (Phi) is 2.97. The van der Waals surface area contributed by atoms with E-state index in [9.17, 15) is 9.18 Å². The second kappa shape index (κ2) is 4.29. The predicted molar refractivity (Wildman–Crippen MR) is 60.8 cm³/mol. The molecule has 2 rings (SSSR count). The molecular weight excluding hydrogens is 225 g/mol. The Morgan fingerprint density at radius 2 is 2.47 bits per heavy atom. The first kappa shape index (κ1) is 11.8. The minimum Gasteiger partial charge on any atom is -0.381 e. The topological polar surface area (TPSA) is 70.1 Å². The van der Waals surface area contributed by atoms with Crippen molar-refractivity contribution in [2.75, 3.05) is 5.73 Å². The van der Waals surface area contributed by atoms with Crippen LogP contribution in [-0.2, 0) is 4.74 Å². The van der Waals surface area contributed by atoms with E-state index in [0.29, 0.717) is 6.42 Å². The van der Waals surface area contributed by atoms with Crippen LogP contribution >= 0.6 is 0 Å². The second-order valence-corrected chi connectivity index (χ2v) is 4.10. The van der Waals surface area contributed by atoms with E-state index < -0.39 is 23.6 Å². The molecule has 1 fully saturated rings. The number of rotatable bonds is 2. The largest absolute Gasteiger partial charge is 0.381 e. The zero-order valence-corrected chi connectivity index (χ0v) is 9.47. The maximum Gasteiger partial charge on any atom is 0.351 e. The van der Waals surface area contributed by atoms with Crippen LogP contribution in [0.4, 0.5) is 10.2 Å². The van der Waals surface area contributed by atoms with Gasteiger partial charge in [0.25, 0.3) is 0 Å². The summed E-state index contributed by atoms with van der Waals surface area (Å²) >= 11 is 0. The van der Waals surface area contributed by atoms with Crippen LogP contribution in [0.5, 0.6) is 0 Å². The van der Waals surface area contributed by atoms with E-state index in [1.54, 1.807) is 6.08 Å². The molecule has 2 N–H and O–H groups in total. The number of ether oxygens (including phenoxy) is 1. The average molecular weight is 239 g/mol. The molecule has 3 unspecified atom stereocenters. The highest BCUT2D eigenvalue weighted by Crippen LogP contribution is 2.33. The van der Waals surface area contributed by atoms with Crippen molar-refractivity contribution >= 4 is 5.82 Å². The number of nitrogens with two attached hydrogens (primary N) is 1. The van der Waals surface area contributed by atoms with Crippen molar-refractivity contribution in [1.82, 2.24) is 9.55 Å². The molecule has 17 heavy (non-hydrogen) atoms. The monoisotopic (exact) mass is 239 g/mol. The molecule has 2 heterocycles. The van der Waals surface area contributed by atoms with E-state index in [1.165, 1.54) is 0 Å². The number of hydrogen-bond donors (Lipinski definition) is 1. The molecule has 6 heteroatoms. The summed E-state index contributed by atoms with van der Waals surface area (Å²) in [5.41, 5.74) is 4.61. The van der Waals surface area contributed by atoms with Gasteiger partial charge in [0.05, 0.1) is 12.3 Å². The molecule has 1 saturated heterocycles. The molecule has 3 atom stereocenters. The van der Waals surface area contributed by atoms with E-state index in [2.05, 4.69) is 11.6 Å². The van der Waals surface area contributed by atoms with Gasteiger partial charge < -0.3 is 10.5 Å². The second-order valence-electron chi connectivity index (χ2n) is 4.10. The highest BCUT2D eigenvalue weighted by Gasteiger charge is 2.32. The first-order valence-corrected chi connectivity index (χ1v) is 5.35. The summed E-state index contributed by atoms with van der Waals surface area (Å²) in [5.74, 6) is -0.965. The highest BCUT2D eigenvalue weighted by atomic mass is 19.1. The van der Waals surface area contributed by atoms with Gasteiger partial charge in [0.1, 0.15) is 6.23 Å². The van der Waals surface area contributed by atoms with Gasteiger partial charge in [-0.15, -0.1) is 6.58 Å². The van der Waals surface area contributed by atoms with Crippen molar-refractivity contribution in [2.24, 2.45) is 5.92 Å². The average Bonchev–Trinajstić information content (AvgIpc) is 2.65. The summed E-state index contributed by atoms with van der Waals surface area (Å²) in [6.07, 6.45) is 2.83. The zero-order valence-electron chi connectivity index (χ0n) is 9.47. The van der Waals surface area contributed by atoms with Crippen LogP contribution in [0, 0.1) is 11.7 Å². The first-order chi connectivity index (χ1) is 8.02. The quantitative estimate of drug-likeness (QED) is 0.784. The number of hydrogen-bond acceptors (Lipinski definition) is 4. The molecule has 0 aliphatic carbocycles. The standard InChI is InChI=1S/C11H14FN3O2/c1-3-7-4-9(17-6(7)2)15-5-8(12)10(13)14-11(15)16/h3,5-7,9H,1,4H2,2H3,(H2,13,14,16). The molecule has 5 nitrogen and oxygen atoms in total. The number of anilines is 1. The molecule has 92 valence electrons. The van der Waals surface area contributed by atoms with Crippen LogP contribution in [0.25, 0.3) is 0 Å². The highest BCUT2D eigenvalue weighted by molar-refractivity contribution is 5.26. The van der Waals surface area contributed by atoms with Gasteiger partial charge >= 0.3 is 5.69 Å². The van der Waals surface area contributed by atoms with Gasteiger partial charge in [0.2, 0.25) is 0 Å². The van der Waals surface area contributed by atoms with Gasteiger partial charge in [-0.3, -0.25) is 4.57 Å². The van der Waals surface area contributed by atoms with Gasteiger partial charge in [-0.1, -0.05) is 6.08 Å². The Morgan fingerprint density at radius 1 is 1.76 bits per heavy atom. The fourth-order valence-corrected chi connectivity index (χ4v) is 1.96. The van der Waals surface area contributed by atoms with Gasteiger partial charge in [-0.25, -0.2) is 9.18 Å². The molecule has 0 radical (unpaired) electrons. The third-order valence-corrected chi connectivity index (χ3v) is 3.00. The Hall–Kier alpha value is -1.69. The molecule has 0 saturated carbocycles. The lowest BCUT2D eigenvalue weighted by atomic mass is 10.0. The normalized spacial score (nSPS) is 28.2. The van der Waals surface area contributed by atoms with E-state index in [4.69, 9.17) is 10.5 Å². The van der Waals surface area contributed by atoms with Gasteiger partial charge in [-0.2, -0.15) is 4.98 Å². The molecular formula is C11H14FN3O2. The lowest BCUT2D eigenvalue weighted by molar-refractivity contribution is 0.00403. The minimum absolute atomic E-state index is 0.0509. The predicted octanol–water partition coefficient (Wildman–Crippen LogP) is 1.07. The SMILES string of the molecule is C=CC1CC(n2cc(F)c(N)nc2=O)OC1C. The maximum atomic E-state index is 13.3. The fourth-order valence-electron chi connectivity index (χ4n) is 1.96. The summed E-state index contributed by atoms with van der Waals surface area (Å²) in [6, 6.07) is 0. The molecule has 1 aliphatic heterocycles. The molecule has 0 aromatic carbocycles. The fraction of sp³-hybridized carbons (Fsp3) is 0.455. The van der Waals surface area contributed by atoms with Gasteiger partial charge in [0.15, 0.2) is 11.6 Å². The molecule has 1 aromatic rings. The smallest absolute Gasteiger partial charge is 0.351 e. The Bertz CT molecular complexity index is 500. The van der Waals surface area contributed by atoms with Crippen molar-refractivity contribution in [3.8, 4) is 0 Å². The van der Waals surface area contributed by atoms with E-state index >= 15 is 0 Å². The molecule has 1 aromatic heterocycles. The molecule has 0 bridgehead atoms. The van der Waals surface area contributed by atoms with Crippen LogP contribution in [0.15, 0.2) is 23.6 Å². The molecule has 0 amide bonds. The van der Waals surface area contributed by atoms with E-state index in [-0.39, 0.29) is 12.0 Å². The summed E-state index contributed by atoms with van der Waals surface area (Å²) in [4.78, 5) is 15.0. The van der Waals surface area contributed by atoms with Crippen molar-refractivity contribution in [1.29, 1.82) is 0 Å². The van der Waals surface area contributed by atoms with Crippen LogP contribution in [-0.4, -0.2) is 15.7 Å². The van der Waals surface area contributed by atoms with Crippen molar-refractivity contribution < 1.29 is 9.13 Å². The Morgan fingerprint density at radius 3 is 3.06 bits per heavy atom. The third kappa shape index (κ3) is 2.08. The summed E-state index contributed by atoms with van der Waals surface area (Å²) in [6.45, 7) is 5.59. The third-order valence-electron chi connectivity index (χ3n) is 3.00. The number of nitrogens with zero attached hydrogens (tertiary/aromatic N) is 2. The lowest BCUT2D eigenvalue weighted by Gasteiger charge is -2.13. The lowest BCUT2D eigenvalue weighted by Crippen LogP contribution is -2.28. The van der Waals surface area contributed by atoms with Crippen molar-refractivity contribution in [3.63, 3.8) is 0 Å². The summed E-state index contributed by atoms with van der Waals surface area (Å²) in [5, 5.41) is 0. The molecule has 0 spiro atoms. The summed E-state index contributed by atoms with van der Waals surface area (Å²) in [7, 11) is 0. The summed E-state index contributed by atoms with van der Waals surface area (Å²) < 4.78 is 20.0. The Balaban J connectivity index is 2.33. The number of nitrogen functional groups attached to an aromatic ring is 1. The van der Waals surface area contributed by atoms with Crippen LogP contribution in [0.3, 0.4) is 0 Å². The van der Waals surface area contributed by atoms with Gasteiger partial charge in [0, 0.05) is 12.3 Å².